The van der Waals surface area contributed by atoms with Gasteiger partial charge in [-0.3, -0.25) is 0 Å². The molecule has 1 heterocycles. The molecular formula is C14H22N2O2S. The van der Waals surface area contributed by atoms with Crippen LogP contribution in [0, 0.1) is 5.92 Å². The van der Waals surface area contributed by atoms with Crippen LogP contribution in [-0.4, -0.2) is 38.1 Å². The average Bonchev–Trinajstić information content (AvgIpc) is 2.84. The number of sulfonamides is 1. The van der Waals surface area contributed by atoms with Gasteiger partial charge in [-0.05, 0) is 24.4 Å². The van der Waals surface area contributed by atoms with Gasteiger partial charge in [0.05, 0.1) is 5.75 Å². The van der Waals surface area contributed by atoms with Crippen LogP contribution in [0.4, 0.5) is 0 Å². The molecule has 1 fully saturated rings. The Morgan fingerprint density at radius 3 is 2.53 bits per heavy atom. The number of nitrogens with zero attached hydrogens (tertiary/aromatic N) is 1. The lowest BCUT2D eigenvalue weighted by atomic mass is 9.89. The van der Waals surface area contributed by atoms with Crippen LogP contribution in [0.25, 0.3) is 0 Å². The zero-order chi connectivity index (χ0) is 13.9. The summed E-state index contributed by atoms with van der Waals surface area (Å²) < 4.78 is 25.9. The molecule has 4 nitrogen and oxygen atoms in total. The van der Waals surface area contributed by atoms with Crippen molar-refractivity contribution in [2.45, 2.75) is 19.3 Å². The van der Waals surface area contributed by atoms with Crippen molar-refractivity contribution >= 4 is 10.0 Å². The van der Waals surface area contributed by atoms with Crippen molar-refractivity contribution in [2.75, 3.05) is 25.4 Å². The molecular weight excluding hydrogens is 260 g/mol. The fourth-order valence-electron chi connectivity index (χ4n) is 2.76. The molecule has 0 amide bonds. The first-order valence-corrected chi connectivity index (χ1v) is 8.42. The Hall–Kier alpha value is -0.910. The molecule has 106 valence electrons. The highest BCUT2D eigenvalue weighted by molar-refractivity contribution is 7.89. The summed E-state index contributed by atoms with van der Waals surface area (Å²) in [5.74, 6) is 0.665. The number of benzene rings is 1. The SMILES string of the molecule is CCCS(=O)(=O)N1C[C@@H](CN)[C@H](c2ccccc2)C1. The molecule has 1 aromatic carbocycles. The second-order valence-corrected chi connectivity index (χ2v) is 7.23. The van der Waals surface area contributed by atoms with Gasteiger partial charge in [0.2, 0.25) is 10.0 Å². The van der Waals surface area contributed by atoms with E-state index in [9.17, 15) is 8.42 Å². The second-order valence-electron chi connectivity index (χ2n) is 5.15. The molecule has 0 saturated carbocycles. The Bertz CT molecular complexity index is 501. The van der Waals surface area contributed by atoms with Crippen LogP contribution in [0.2, 0.25) is 0 Å². The molecule has 1 aliphatic heterocycles. The Kier molecular flexibility index (Phi) is 4.60. The Labute approximate surface area is 115 Å². The first-order valence-electron chi connectivity index (χ1n) is 6.81. The van der Waals surface area contributed by atoms with Gasteiger partial charge in [-0.15, -0.1) is 0 Å². The number of rotatable bonds is 5. The predicted octanol–water partition coefficient (Wildman–Crippen LogP) is 1.40. The lowest BCUT2D eigenvalue weighted by molar-refractivity contribution is 0.458. The smallest absolute Gasteiger partial charge is 0.214 e. The third-order valence-electron chi connectivity index (χ3n) is 3.79. The van der Waals surface area contributed by atoms with Gasteiger partial charge in [0.25, 0.3) is 0 Å². The quantitative estimate of drug-likeness (QED) is 0.888. The molecule has 0 bridgehead atoms. The highest BCUT2D eigenvalue weighted by atomic mass is 32.2. The standard InChI is InChI=1S/C14H22N2O2S/c1-2-8-19(17,18)16-10-13(9-15)14(11-16)12-6-4-3-5-7-12/h3-7,13-14H,2,8-11,15H2,1H3/t13-,14+/m1/s1. The maximum atomic E-state index is 12.2. The molecule has 0 aliphatic carbocycles. The summed E-state index contributed by atoms with van der Waals surface area (Å²) in [6.07, 6.45) is 0.655. The fourth-order valence-corrected chi connectivity index (χ4v) is 4.34. The lowest BCUT2D eigenvalue weighted by Gasteiger charge is -2.16. The summed E-state index contributed by atoms with van der Waals surface area (Å²) in [6, 6.07) is 10.1. The minimum atomic E-state index is -3.12. The number of hydrogen-bond acceptors (Lipinski definition) is 3. The van der Waals surface area contributed by atoms with E-state index < -0.39 is 10.0 Å². The maximum Gasteiger partial charge on any atom is 0.214 e. The molecule has 5 heteroatoms. The normalized spacial score (nSPS) is 24.7. The van der Waals surface area contributed by atoms with Gasteiger partial charge in [-0.2, -0.15) is 0 Å². The van der Waals surface area contributed by atoms with Crippen molar-refractivity contribution in [2.24, 2.45) is 11.7 Å². The Balaban J connectivity index is 2.19. The summed E-state index contributed by atoms with van der Waals surface area (Å²) in [4.78, 5) is 0. The van der Waals surface area contributed by atoms with Crippen LogP contribution >= 0.6 is 0 Å². The van der Waals surface area contributed by atoms with E-state index in [2.05, 4.69) is 12.1 Å². The maximum absolute atomic E-state index is 12.2. The number of nitrogens with two attached hydrogens (primary N) is 1. The zero-order valence-corrected chi connectivity index (χ0v) is 12.1. The van der Waals surface area contributed by atoms with Gasteiger partial charge in [-0.1, -0.05) is 37.3 Å². The van der Waals surface area contributed by atoms with Crippen LogP contribution in [0.15, 0.2) is 30.3 Å². The predicted molar refractivity (Wildman–Crippen MR) is 77.4 cm³/mol. The molecule has 0 aromatic heterocycles. The minimum absolute atomic E-state index is 0.217. The Morgan fingerprint density at radius 1 is 1.26 bits per heavy atom. The summed E-state index contributed by atoms with van der Waals surface area (Å²) >= 11 is 0. The third-order valence-corrected chi connectivity index (χ3v) is 5.80. The van der Waals surface area contributed by atoms with Crippen LogP contribution < -0.4 is 5.73 Å². The van der Waals surface area contributed by atoms with E-state index in [0.717, 1.165) is 0 Å². The van der Waals surface area contributed by atoms with Crippen LogP contribution in [-0.2, 0) is 10.0 Å². The molecule has 1 saturated heterocycles. The third kappa shape index (κ3) is 3.16. The molecule has 1 aromatic rings. The van der Waals surface area contributed by atoms with Gasteiger partial charge >= 0.3 is 0 Å². The van der Waals surface area contributed by atoms with E-state index in [1.807, 2.05) is 25.1 Å². The van der Waals surface area contributed by atoms with Gasteiger partial charge in [0, 0.05) is 19.0 Å². The molecule has 2 atom stereocenters. The first-order chi connectivity index (χ1) is 9.08. The van der Waals surface area contributed by atoms with Crippen molar-refractivity contribution in [1.82, 2.24) is 4.31 Å². The molecule has 1 aliphatic rings. The molecule has 0 unspecified atom stereocenters. The summed E-state index contributed by atoms with van der Waals surface area (Å²) in [7, 11) is -3.12. The van der Waals surface area contributed by atoms with Gasteiger partial charge in [0.1, 0.15) is 0 Å². The lowest BCUT2D eigenvalue weighted by Crippen LogP contribution is -2.31. The monoisotopic (exact) mass is 282 g/mol. The van der Waals surface area contributed by atoms with Crippen LogP contribution in [0.5, 0.6) is 0 Å². The fraction of sp³-hybridized carbons (Fsp3) is 0.571. The molecule has 0 spiro atoms. The van der Waals surface area contributed by atoms with E-state index in [-0.39, 0.29) is 17.6 Å². The van der Waals surface area contributed by atoms with Crippen molar-refractivity contribution in [1.29, 1.82) is 0 Å². The van der Waals surface area contributed by atoms with Crippen molar-refractivity contribution in [3.63, 3.8) is 0 Å². The molecule has 0 radical (unpaired) electrons. The van der Waals surface area contributed by atoms with Crippen molar-refractivity contribution in [3.8, 4) is 0 Å². The summed E-state index contributed by atoms with van der Waals surface area (Å²) in [5.41, 5.74) is 7.01. The molecule has 2 N–H and O–H groups in total. The van der Waals surface area contributed by atoms with E-state index in [1.165, 1.54) is 5.56 Å². The summed E-state index contributed by atoms with van der Waals surface area (Å²) in [5, 5.41) is 0. The van der Waals surface area contributed by atoms with Crippen molar-refractivity contribution in [3.05, 3.63) is 35.9 Å². The first kappa shape index (κ1) is 14.5. The highest BCUT2D eigenvalue weighted by Gasteiger charge is 2.38. The second kappa shape index (κ2) is 6.03. The zero-order valence-electron chi connectivity index (χ0n) is 11.3. The largest absolute Gasteiger partial charge is 0.330 e. The van der Waals surface area contributed by atoms with Gasteiger partial charge < -0.3 is 5.73 Å². The topological polar surface area (TPSA) is 63.4 Å². The minimum Gasteiger partial charge on any atom is -0.330 e. The van der Waals surface area contributed by atoms with E-state index in [0.29, 0.717) is 26.1 Å². The number of hydrogen-bond donors (Lipinski definition) is 1. The van der Waals surface area contributed by atoms with Crippen LogP contribution in [0.1, 0.15) is 24.8 Å². The van der Waals surface area contributed by atoms with E-state index in [1.54, 1.807) is 4.31 Å². The summed E-state index contributed by atoms with van der Waals surface area (Å²) in [6.45, 7) is 3.53. The molecule has 2 rings (SSSR count). The average molecular weight is 282 g/mol. The van der Waals surface area contributed by atoms with E-state index in [4.69, 9.17) is 5.73 Å². The van der Waals surface area contributed by atoms with Gasteiger partial charge in [-0.25, -0.2) is 12.7 Å². The molecule has 19 heavy (non-hydrogen) atoms. The Morgan fingerprint density at radius 2 is 1.95 bits per heavy atom. The van der Waals surface area contributed by atoms with Crippen LogP contribution in [0.3, 0.4) is 0 Å². The van der Waals surface area contributed by atoms with E-state index >= 15 is 0 Å². The van der Waals surface area contributed by atoms with Crippen molar-refractivity contribution < 1.29 is 8.42 Å². The highest BCUT2D eigenvalue weighted by Crippen LogP contribution is 2.33. The van der Waals surface area contributed by atoms with Gasteiger partial charge in [0.15, 0.2) is 0 Å².